The Labute approximate surface area is 148 Å². The minimum absolute atomic E-state index is 0.0291. The van der Waals surface area contributed by atoms with Crippen LogP contribution in [0.25, 0.3) is 0 Å². The van der Waals surface area contributed by atoms with Gasteiger partial charge >= 0.3 is 0 Å². The fraction of sp³-hybridized carbons (Fsp3) is 0.579. The third kappa shape index (κ3) is 3.63. The van der Waals surface area contributed by atoms with Crippen LogP contribution >= 0.6 is 0 Å². The Balaban J connectivity index is 1.67. The van der Waals surface area contributed by atoms with Crippen LogP contribution in [0, 0.1) is 13.8 Å². The van der Waals surface area contributed by atoms with Gasteiger partial charge in [-0.05, 0) is 43.9 Å². The van der Waals surface area contributed by atoms with Crippen molar-refractivity contribution in [3.05, 3.63) is 28.8 Å². The summed E-state index contributed by atoms with van der Waals surface area (Å²) in [6.07, 6.45) is 1.46. The lowest BCUT2D eigenvalue weighted by Crippen LogP contribution is -2.52. The molecule has 1 aromatic rings. The van der Waals surface area contributed by atoms with Crippen molar-refractivity contribution >= 4 is 11.8 Å². The average molecular weight is 346 g/mol. The fourth-order valence-corrected chi connectivity index (χ4v) is 3.63. The molecular weight excluding hydrogens is 320 g/mol. The van der Waals surface area contributed by atoms with Gasteiger partial charge in [-0.2, -0.15) is 0 Å². The van der Waals surface area contributed by atoms with Crippen LogP contribution in [-0.4, -0.2) is 67.6 Å². The van der Waals surface area contributed by atoms with Gasteiger partial charge in [-0.15, -0.1) is 0 Å². The van der Waals surface area contributed by atoms with Crippen LogP contribution in [0.3, 0.4) is 0 Å². The standard InChI is InChI=1S/C19H26N2O4/c1-13-11-14(2)17(16(12-13)24-3)19(23)21-8-6-20(7-9-21)18(22)15-5-4-10-25-15/h11-12,15H,4-10H2,1-3H3. The van der Waals surface area contributed by atoms with E-state index in [4.69, 9.17) is 9.47 Å². The molecule has 1 atom stereocenters. The lowest BCUT2D eigenvalue weighted by molar-refractivity contribution is -0.142. The fourth-order valence-electron chi connectivity index (χ4n) is 3.63. The number of methoxy groups -OCH3 is 1. The van der Waals surface area contributed by atoms with E-state index in [9.17, 15) is 9.59 Å². The Kier molecular flexibility index (Phi) is 5.27. The number of rotatable bonds is 3. The number of amides is 2. The molecule has 0 saturated carbocycles. The highest BCUT2D eigenvalue weighted by atomic mass is 16.5. The number of ether oxygens (including phenoxy) is 2. The second kappa shape index (κ2) is 7.44. The van der Waals surface area contributed by atoms with Crippen molar-refractivity contribution in [2.75, 3.05) is 39.9 Å². The van der Waals surface area contributed by atoms with Crippen molar-refractivity contribution in [2.24, 2.45) is 0 Å². The Morgan fingerprint density at radius 1 is 1.12 bits per heavy atom. The molecule has 2 saturated heterocycles. The number of carbonyl (C=O) groups excluding carboxylic acids is 2. The largest absolute Gasteiger partial charge is 0.496 e. The summed E-state index contributed by atoms with van der Waals surface area (Å²) in [5.41, 5.74) is 2.60. The zero-order valence-corrected chi connectivity index (χ0v) is 15.2. The average Bonchev–Trinajstić information content (AvgIpc) is 3.14. The quantitative estimate of drug-likeness (QED) is 0.837. The number of hydrogen-bond acceptors (Lipinski definition) is 4. The van der Waals surface area contributed by atoms with Gasteiger partial charge in [-0.1, -0.05) is 6.07 Å². The monoisotopic (exact) mass is 346 g/mol. The van der Waals surface area contributed by atoms with Gasteiger partial charge in [0.25, 0.3) is 11.8 Å². The maximum atomic E-state index is 13.0. The predicted molar refractivity (Wildman–Crippen MR) is 93.9 cm³/mol. The third-order valence-electron chi connectivity index (χ3n) is 4.96. The van der Waals surface area contributed by atoms with Gasteiger partial charge in [0.2, 0.25) is 0 Å². The molecule has 2 aliphatic heterocycles. The molecule has 0 radical (unpaired) electrons. The van der Waals surface area contributed by atoms with E-state index in [0.717, 1.165) is 24.0 Å². The van der Waals surface area contributed by atoms with Gasteiger partial charge in [0.15, 0.2) is 0 Å². The molecule has 2 amide bonds. The summed E-state index contributed by atoms with van der Waals surface area (Å²) in [4.78, 5) is 29.0. The van der Waals surface area contributed by atoms with Crippen LogP contribution < -0.4 is 4.74 Å². The summed E-state index contributed by atoms with van der Waals surface area (Å²) < 4.78 is 10.9. The number of benzene rings is 1. The summed E-state index contributed by atoms with van der Waals surface area (Å²) >= 11 is 0. The molecule has 0 aromatic heterocycles. The van der Waals surface area contributed by atoms with Gasteiger partial charge in [0, 0.05) is 32.8 Å². The number of aryl methyl sites for hydroxylation is 2. The third-order valence-corrected chi connectivity index (χ3v) is 4.96. The molecule has 1 aromatic carbocycles. The SMILES string of the molecule is COc1cc(C)cc(C)c1C(=O)N1CCN(C(=O)C2CCCO2)CC1. The van der Waals surface area contributed by atoms with E-state index in [1.54, 1.807) is 12.0 Å². The Hall–Kier alpha value is -2.08. The van der Waals surface area contributed by atoms with E-state index < -0.39 is 0 Å². The van der Waals surface area contributed by atoms with Crippen LogP contribution in [0.15, 0.2) is 12.1 Å². The highest BCUT2D eigenvalue weighted by Gasteiger charge is 2.32. The summed E-state index contributed by atoms with van der Waals surface area (Å²) in [7, 11) is 1.59. The van der Waals surface area contributed by atoms with E-state index >= 15 is 0 Å². The van der Waals surface area contributed by atoms with Crippen molar-refractivity contribution in [1.29, 1.82) is 0 Å². The number of carbonyl (C=O) groups is 2. The summed E-state index contributed by atoms with van der Waals surface area (Å²) in [5, 5.41) is 0. The summed E-state index contributed by atoms with van der Waals surface area (Å²) in [5.74, 6) is 0.646. The maximum absolute atomic E-state index is 13.0. The molecule has 136 valence electrons. The van der Waals surface area contributed by atoms with Gasteiger partial charge in [-0.25, -0.2) is 0 Å². The Morgan fingerprint density at radius 3 is 2.40 bits per heavy atom. The number of hydrogen-bond donors (Lipinski definition) is 0. The van der Waals surface area contributed by atoms with Crippen molar-refractivity contribution in [1.82, 2.24) is 9.80 Å². The first-order chi connectivity index (χ1) is 12.0. The van der Waals surface area contributed by atoms with Gasteiger partial charge in [0.05, 0.1) is 12.7 Å². The Morgan fingerprint density at radius 2 is 1.80 bits per heavy atom. The molecule has 0 spiro atoms. The first-order valence-corrected chi connectivity index (χ1v) is 8.86. The molecule has 2 aliphatic rings. The first kappa shape index (κ1) is 17.7. The van der Waals surface area contributed by atoms with E-state index in [1.165, 1.54) is 0 Å². The van der Waals surface area contributed by atoms with Crippen LogP contribution in [-0.2, 0) is 9.53 Å². The van der Waals surface area contributed by atoms with E-state index in [-0.39, 0.29) is 17.9 Å². The van der Waals surface area contributed by atoms with E-state index in [2.05, 4.69) is 0 Å². The minimum Gasteiger partial charge on any atom is -0.496 e. The molecule has 0 bridgehead atoms. The predicted octanol–water partition coefficient (Wildman–Crippen LogP) is 1.78. The van der Waals surface area contributed by atoms with Crippen molar-refractivity contribution in [2.45, 2.75) is 32.8 Å². The zero-order valence-electron chi connectivity index (χ0n) is 15.2. The van der Waals surface area contributed by atoms with Crippen molar-refractivity contribution in [3.63, 3.8) is 0 Å². The lowest BCUT2D eigenvalue weighted by Gasteiger charge is -2.36. The molecule has 2 heterocycles. The second-order valence-corrected chi connectivity index (χ2v) is 6.78. The zero-order chi connectivity index (χ0) is 18.0. The molecule has 3 rings (SSSR count). The normalized spacial score (nSPS) is 20.7. The highest BCUT2D eigenvalue weighted by molar-refractivity contribution is 5.98. The molecule has 2 fully saturated rings. The first-order valence-electron chi connectivity index (χ1n) is 8.86. The molecule has 0 N–H and O–H groups in total. The minimum atomic E-state index is -0.290. The van der Waals surface area contributed by atoms with E-state index in [1.807, 2.05) is 30.9 Å². The van der Waals surface area contributed by atoms with Crippen LogP contribution in [0.2, 0.25) is 0 Å². The number of nitrogens with zero attached hydrogens (tertiary/aromatic N) is 2. The Bertz CT molecular complexity index is 660. The molecular formula is C19H26N2O4. The molecule has 25 heavy (non-hydrogen) atoms. The molecule has 0 aliphatic carbocycles. The van der Waals surface area contributed by atoms with Crippen LogP contribution in [0.5, 0.6) is 5.75 Å². The van der Waals surface area contributed by atoms with Crippen LogP contribution in [0.1, 0.15) is 34.3 Å². The second-order valence-electron chi connectivity index (χ2n) is 6.78. The summed E-state index contributed by atoms with van der Waals surface area (Å²) in [6.45, 7) is 6.76. The topological polar surface area (TPSA) is 59.1 Å². The van der Waals surface area contributed by atoms with Gasteiger partial charge in [-0.3, -0.25) is 9.59 Å². The summed E-state index contributed by atoms with van der Waals surface area (Å²) in [6, 6.07) is 3.88. The van der Waals surface area contributed by atoms with E-state index in [0.29, 0.717) is 44.1 Å². The number of piperazine rings is 1. The van der Waals surface area contributed by atoms with Crippen LogP contribution in [0.4, 0.5) is 0 Å². The lowest BCUT2D eigenvalue weighted by atomic mass is 10.0. The van der Waals surface area contributed by atoms with Gasteiger partial charge in [0.1, 0.15) is 11.9 Å². The maximum Gasteiger partial charge on any atom is 0.258 e. The van der Waals surface area contributed by atoms with Crippen molar-refractivity contribution < 1.29 is 19.1 Å². The highest BCUT2D eigenvalue weighted by Crippen LogP contribution is 2.26. The molecule has 1 unspecified atom stereocenters. The molecule has 6 nitrogen and oxygen atoms in total. The molecule has 6 heteroatoms. The van der Waals surface area contributed by atoms with Gasteiger partial charge < -0.3 is 19.3 Å². The van der Waals surface area contributed by atoms with Crippen molar-refractivity contribution in [3.8, 4) is 5.75 Å². The smallest absolute Gasteiger partial charge is 0.258 e.